The lowest BCUT2D eigenvalue weighted by Crippen LogP contribution is -2.07. The number of hydrogen-bond donors (Lipinski definition) is 0. The first-order chi connectivity index (χ1) is 37.6. The molecular formula is C66H40N10. The van der Waals surface area contributed by atoms with E-state index >= 15 is 0 Å². The number of para-hydroxylation sites is 3. The molecule has 0 fully saturated rings. The SMILES string of the molecule is N#Cc1cc(-c2nc(-c3ccccc3)nc(-c3ccccc3)n2)c(-n2c3ccccc3c3cc(-c4nc(-c5ccccc5)nc(-c5ccccc5)n4)ccc32)c(-c2cnccc2-n2c3ccccc3c3ccccc32)c1. The average Bonchev–Trinajstić information content (AvgIpc) is 4.06. The summed E-state index contributed by atoms with van der Waals surface area (Å²) in [7, 11) is 0. The molecule has 9 aromatic carbocycles. The molecule has 0 aliphatic carbocycles. The molecule has 10 heteroatoms. The molecule has 0 atom stereocenters. The largest absolute Gasteiger partial charge is 0.309 e. The summed E-state index contributed by atoms with van der Waals surface area (Å²) in [6, 6.07) is 80.1. The minimum absolute atomic E-state index is 0.401. The number of nitriles is 1. The van der Waals surface area contributed by atoms with Gasteiger partial charge in [-0.05, 0) is 54.6 Å². The van der Waals surface area contributed by atoms with E-state index in [4.69, 9.17) is 34.9 Å². The molecule has 0 aliphatic heterocycles. The third kappa shape index (κ3) is 7.54. The first-order valence-corrected chi connectivity index (χ1v) is 24.9. The van der Waals surface area contributed by atoms with Gasteiger partial charge in [0.1, 0.15) is 0 Å². The lowest BCUT2D eigenvalue weighted by atomic mass is 9.95. The van der Waals surface area contributed by atoms with Crippen LogP contribution in [0.3, 0.4) is 0 Å². The van der Waals surface area contributed by atoms with E-state index in [1.54, 1.807) is 0 Å². The quantitative estimate of drug-likeness (QED) is 0.140. The van der Waals surface area contributed by atoms with Crippen LogP contribution in [0.5, 0.6) is 0 Å². The van der Waals surface area contributed by atoms with Crippen molar-refractivity contribution in [3.8, 4) is 96.9 Å². The number of aromatic nitrogens is 9. The van der Waals surface area contributed by atoms with Crippen LogP contribution in [0.4, 0.5) is 0 Å². The summed E-state index contributed by atoms with van der Waals surface area (Å²) in [6.45, 7) is 0. The number of rotatable bonds is 9. The topological polar surface area (TPSA) is 124 Å². The zero-order valence-corrected chi connectivity index (χ0v) is 40.6. The molecule has 0 spiro atoms. The normalized spacial score (nSPS) is 11.4. The fraction of sp³-hybridized carbons (Fsp3) is 0. The Hall–Kier alpha value is -10.8. The smallest absolute Gasteiger partial charge is 0.166 e. The van der Waals surface area contributed by atoms with Crippen LogP contribution in [-0.4, -0.2) is 44.0 Å². The molecule has 14 aromatic rings. The van der Waals surface area contributed by atoms with E-state index in [1.165, 1.54) is 0 Å². The Bertz CT molecular complexity index is 4410. The van der Waals surface area contributed by atoms with Gasteiger partial charge in [0.25, 0.3) is 0 Å². The number of benzene rings is 9. The van der Waals surface area contributed by atoms with E-state index in [9.17, 15) is 5.26 Å². The van der Waals surface area contributed by atoms with Gasteiger partial charge >= 0.3 is 0 Å². The van der Waals surface area contributed by atoms with Crippen molar-refractivity contribution in [1.29, 1.82) is 5.26 Å². The van der Waals surface area contributed by atoms with Crippen molar-refractivity contribution in [2.24, 2.45) is 0 Å². The van der Waals surface area contributed by atoms with E-state index in [0.717, 1.165) is 93.9 Å². The second-order valence-electron chi connectivity index (χ2n) is 18.5. The summed E-state index contributed by atoms with van der Waals surface area (Å²) >= 11 is 0. The van der Waals surface area contributed by atoms with Crippen molar-refractivity contribution in [3.05, 3.63) is 248 Å². The molecule has 0 saturated carbocycles. The van der Waals surface area contributed by atoms with E-state index in [-0.39, 0.29) is 0 Å². The maximum atomic E-state index is 11.1. The van der Waals surface area contributed by atoms with Gasteiger partial charge in [0.15, 0.2) is 34.9 Å². The zero-order chi connectivity index (χ0) is 50.5. The summed E-state index contributed by atoms with van der Waals surface area (Å²) in [5.74, 6) is 3.11. The number of nitrogens with zero attached hydrogens (tertiary/aromatic N) is 10. The Morgan fingerprint density at radius 1 is 0.316 bits per heavy atom. The van der Waals surface area contributed by atoms with Gasteiger partial charge in [-0.25, -0.2) is 29.9 Å². The molecular weight excluding hydrogens is 933 g/mol. The average molecular weight is 973 g/mol. The Kier molecular flexibility index (Phi) is 10.6. The van der Waals surface area contributed by atoms with Crippen molar-refractivity contribution >= 4 is 43.6 Å². The Labute approximate surface area is 436 Å². The van der Waals surface area contributed by atoms with Gasteiger partial charge in [0, 0.05) is 78.4 Å². The van der Waals surface area contributed by atoms with Gasteiger partial charge in [0.2, 0.25) is 0 Å². The molecule has 5 heterocycles. The molecule has 0 aliphatic rings. The van der Waals surface area contributed by atoms with Crippen LogP contribution in [0.2, 0.25) is 0 Å². The molecule has 0 radical (unpaired) electrons. The molecule has 76 heavy (non-hydrogen) atoms. The van der Waals surface area contributed by atoms with Crippen molar-refractivity contribution in [1.82, 2.24) is 44.0 Å². The highest BCUT2D eigenvalue weighted by molar-refractivity contribution is 6.13. The molecule has 0 unspecified atom stereocenters. The van der Waals surface area contributed by atoms with Crippen LogP contribution in [0.15, 0.2) is 243 Å². The van der Waals surface area contributed by atoms with Gasteiger partial charge in [-0.15, -0.1) is 0 Å². The molecule has 14 rings (SSSR count). The van der Waals surface area contributed by atoms with Crippen LogP contribution >= 0.6 is 0 Å². The third-order valence-electron chi connectivity index (χ3n) is 13.9. The van der Waals surface area contributed by atoms with Crippen LogP contribution in [0, 0.1) is 11.3 Å². The summed E-state index contributed by atoms with van der Waals surface area (Å²) in [4.78, 5) is 35.8. The Balaban J connectivity index is 1.08. The standard InChI is InChI=1S/C66H40N10/c67-40-42-37-52(54-41-68-36-35-59(54)75-55-30-16-13-27-48(55)49-28-14-17-31-56(49)75)60(53(38-42)66-73-63(45-23-9-3-10-24-45)70-64(74-66)46-25-11-4-12-26-46)76-57-32-18-15-29-50(57)51-39-47(33-34-58(51)76)65-71-61(43-19-5-1-6-20-43)69-62(72-65)44-21-7-2-8-22-44/h1-39,41H. The van der Waals surface area contributed by atoms with Crippen LogP contribution in [0.1, 0.15) is 5.56 Å². The molecule has 0 N–H and O–H groups in total. The highest BCUT2D eigenvalue weighted by atomic mass is 15.1. The molecule has 5 aromatic heterocycles. The molecule has 0 saturated heterocycles. The third-order valence-corrected chi connectivity index (χ3v) is 13.9. The molecule has 10 nitrogen and oxygen atoms in total. The van der Waals surface area contributed by atoms with Crippen molar-refractivity contribution in [2.45, 2.75) is 0 Å². The second-order valence-corrected chi connectivity index (χ2v) is 18.5. The van der Waals surface area contributed by atoms with E-state index < -0.39 is 0 Å². The number of hydrogen-bond acceptors (Lipinski definition) is 8. The van der Waals surface area contributed by atoms with Gasteiger partial charge in [0.05, 0.1) is 45.1 Å². The van der Waals surface area contributed by atoms with Crippen molar-refractivity contribution < 1.29 is 0 Å². The molecule has 0 bridgehead atoms. The lowest BCUT2D eigenvalue weighted by Gasteiger charge is -2.21. The van der Waals surface area contributed by atoms with E-state index in [2.05, 4.69) is 112 Å². The minimum atomic E-state index is 0.401. The van der Waals surface area contributed by atoms with Gasteiger partial charge in [-0.2, -0.15) is 5.26 Å². The monoisotopic (exact) mass is 972 g/mol. The van der Waals surface area contributed by atoms with E-state index in [0.29, 0.717) is 46.1 Å². The first kappa shape index (κ1) is 44.0. The summed E-state index contributed by atoms with van der Waals surface area (Å²) in [6.07, 6.45) is 3.74. The Morgan fingerprint density at radius 2 is 0.711 bits per heavy atom. The highest BCUT2D eigenvalue weighted by Crippen LogP contribution is 2.45. The summed E-state index contributed by atoms with van der Waals surface area (Å²) in [5, 5.41) is 15.3. The molecule has 0 amide bonds. The predicted octanol–water partition coefficient (Wildman–Crippen LogP) is 15.2. The highest BCUT2D eigenvalue weighted by Gasteiger charge is 2.27. The molecule has 354 valence electrons. The second kappa shape index (κ2) is 18.4. The van der Waals surface area contributed by atoms with Gasteiger partial charge < -0.3 is 9.13 Å². The fourth-order valence-electron chi connectivity index (χ4n) is 10.5. The van der Waals surface area contributed by atoms with Gasteiger partial charge in [-0.3, -0.25) is 4.98 Å². The summed E-state index contributed by atoms with van der Waals surface area (Å²) < 4.78 is 4.59. The van der Waals surface area contributed by atoms with Crippen molar-refractivity contribution in [2.75, 3.05) is 0 Å². The maximum absolute atomic E-state index is 11.1. The maximum Gasteiger partial charge on any atom is 0.166 e. The van der Waals surface area contributed by atoms with Crippen LogP contribution in [0.25, 0.3) is 134 Å². The van der Waals surface area contributed by atoms with Gasteiger partial charge in [-0.1, -0.05) is 176 Å². The lowest BCUT2D eigenvalue weighted by molar-refractivity contribution is 1.06. The zero-order valence-electron chi connectivity index (χ0n) is 40.6. The number of fused-ring (bicyclic) bond motifs is 6. The van der Waals surface area contributed by atoms with Crippen LogP contribution < -0.4 is 0 Å². The predicted molar refractivity (Wildman–Crippen MR) is 302 cm³/mol. The van der Waals surface area contributed by atoms with Crippen LogP contribution in [-0.2, 0) is 0 Å². The van der Waals surface area contributed by atoms with Crippen molar-refractivity contribution in [3.63, 3.8) is 0 Å². The minimum Gasteiger partial charge on any atom is -0.309 e. The number of pyridine rings is 1. The Morgan fingerprint density at radius 3 is 1.20 bits per heavy atom. The van der Waals surface area contributed by atoms with E-state index in [1.807, 2.05) is 146 Å². The fourth-order valence-corrected chi connectivity index (χ4v) is 10.5. The first-order valence-electron chi connectivity index (χ1n) is 24.9. The summed E-state index contributed by atoms with van der Waals surface area (Å²) in [5.41, 5.74) is 12.4.